The van der Waals surface area contributed by atoms with Gasteiger partial charge >= 0.3 is 18.6 Å². The Hall–Kier alpha value is -2.41. The number of carbonyl (C=O) groups is 3. The van der Waals surface area contributed by atoms with Crippen LogP contribution in [-0.4, -0.2) is 49.4 Å². The summed E-state index contributed by atoms with van der Waals surface area (Å²) in [6.45, 7) is -0.508. The second-order valence-corrected chi connectivity index (χ2v) is 7.06. The minimum Gasteiger partial charge on any atom is -0.599 e. The summed E-state index contributed by atoms with van der Waals surface area (Å²) in [4.78, 5) is 36.8. The Balaban J connectivity index is 2.23. The van der Waals surface area contributed by atoms with E-state index in [9.17, 15) is 14.4 Å². The summed E-state index contributed by atoms with van der Waals surface area (Å²) >= 11 is 0. The number of benzene rings is 1. The van der Waals surface area contributed by atoms with Crippen molar-refractivity contribution in [1.29, 1.82) is 0 Å². The zero-order valence-electron chi connectivity index (χ0n) is 14.5. The lowest BCUT2D eigenvalue weighted by Crippen LogP contribution is -2.72. The van der Waals surface area contributed by atoms with Crippen LogP contribution in [0.5, 0.6) is 0 Å². The summed E-state index contributed by atoms with van der Waals surface area (Å²) in [5.41, 5.74) is 0.680. The quantitative estimate of drug-likeness (QED) is 0.445. The van der Waals surface area contributed by atoms with Gasteiger partial charge in [-0.25, -0.2) is 0 Å². The maximum Gasteiger partial charge on any atom is 0.601 e. The lowest BCUT2D eigenvalue weighted by Gasteiger charge is -2.49. The van der Waals surface area contributed by atoms with Gasteiger partial charge in [0.1, 0.15) is 19.4 Å². The molecule has 0 amide bonds. The van der Waals surface area contributed by atoms with Crippen LogP contribution in [-0.2, 0) is 29.0 Å². The van der Waals surface area contributed by atoms with Crippen LogP contribution >= 0.6 is 0 Å². The van der Waals surface area contributed by atoms with E-state index >= 15 is 0 Å². The molecule has 0 spiro atoms. The van der Waals surface area contributed by atoms with Crippen molar-refractivity contribution in [2.24, 2.45) is 0 Å². The van der Waals surface area contributed by atoms with Crippen LogP contribution in [0.2, 0.25) is 0 Å². The second-order valence-electron chi connectivity index (χ2n) is 7.06. The summed E-state index contributed by atoms with van der Waals surface area (Å²) in [5, 5.41) is -1.25. The van der Waals surface area contributed by atoms with E-state index in [4.69, 9.17) is 9.31 Å². The molecule has 1 unspecified atom stereocenters. The van der Waals surface area contributed by atoms with Gasteiger partial charge in [0.15, 0.2) is 0 Å². The maximum absolute atomic E-state index is 12.5. The average molecular weight is 343 g/mol. The molecule has 0 aliphatic carbocycles. The molecule has 0 aromatic heterocycles. The molecule has 0 radical (unpaired) electrons. The molecule has 1 atom stereocenters. The number of quaternary nitrogens is 1. The molecular weight excluding hydrogens is 321 g/mol. The van der Waals surface area contributed by atoms with Gasteiger partial charge in [-0.1, -0.05) is 55.0 Å². The van der Waals surface area contributed by atoms with Crippen LogP contribution in [0, 0.1) is 0 Å². The monoisotopic (exact) mass is 343 g/mol. The first kappa shape index (κ1) is 17.4. The summed E-state index contributed by atoms with van der Waals surface area (Å²) in [7, 11) is 1.75. The maximum atomic E-state index is 12.5. The zero-order chi connectivity index (χ0) is 18.1. The number of allylic oxidation sites excluding steroid dienone is 2. The van der Waals surface area contributed by atoms with Crippen molar-refractivity contribution >= 4 is 24.9 Å². The van der Waals surface area contributed by atoms with Crippen LogP contribution < -0.4 is 0 Å². The van der Waals surface area contributed by atoms with Gasteiger partial charge in [-0.2, -0.15) is 0 Å². The van der Waals surface area contributed by atoms with Gasteiger partial charge < -0.3 is 18.5 Å². The van der Waals surface area contributed by atoms with Crippen molar-refractivity contribution in [2.75, 3.05) is 20.1 Å². The minimum absolute atomic E-state index is 0.0195. The largest absolute Gasteiger partial charge is 0.601 e. The molecule has 7 heteroatoms. The summed E-state index contributed by atoms with van der Waals surface area (Å²) in [6.07, 6.45) is 5.74. The highest BCUT2D eigenvalue weighted by molar-refractivity contribution is 6.72. The third kappa shape index (κ3) is 2.42. The first-order valence-electron chi connectivity index (χ1n) is 8.52. The molecule has 1 aromatic carbocycles. The SMILES string of the molecule is CC/C=C/CC(C=O)(c1ccccc1)[B-]12OC(=O)C[N+]1(C)CC(=O)O2. The van der Waals surface area contributed by atoms with Gasteiger partial charge in [-0.15, -0.1) is 0 Å². The number of carbonyl (C=O) groups excluding carboxylic acids is 3. The standard InChI is InChI=1S/C18H22BNO5/c1-3-4-8-11-18(14-21,15-9-6-5-7-10-15)19-20(2,12-16(22)24-19)13-17(23)25-19/h4-10,14H,3,11-13H2,1-2H3/b8-4+. The molecule has 2 fully saturated rings. The first-order valence-corrected chi connectivity index (χ1v) is 8.52. The normalized spacial score (nSPS) is 30.6. The Kier molecular flexibility index (Phi) is 4.28. The van der Waals surface area contributed by atoms with Crippen molar-refractivity contribution in [3.8, 4) is 0 Å². The number of rotatable bonds is 6. The van der Waals surface area contributed by atoms with Gasteiger partial charge in [-0.05, 0) is 12.8 Å². The summed E-state index contributed by atoms with van der Waals surface area (Å²) in [6, 6.07) is 9.12. The van der Waals surface area contributed by atoms with Gasteiger partial charge in [-0.3, -0.25) is 9.59 Å². The molecule has 0 N–H and O–H groups in total. The number of hydrogen-bond acceptors (Lipinski definition) is 5. The molecule has 2 heterocycles. The molecule has 25 heavy (non-hydrogen) atoms. The van der Waals surface area contributed by atoms with Crippen molar-refractivity contribution in [1.82, 2.24) is 0 Å². The van der Waals surface area contributed by atoms with E-state index in [1.165, 1.54) is 0 Å². The smallest absolute Gasteiger partial charge is 0.599 e. The molecule has 3 rings (SSSR count). The number of hydrogen-bond donors (Lipinski definition) is 0. The topological polar surface area (TPSA) is 69.7 Å². The van der Waals surface area contributed by atoms with Crippen molar-refractivity contribution in [2.45, 2.75) is 25.1 Å². The first-order chi connectivity index (χ1) is 11.9. The zero-order valence-corrected chi connectivity index (χ0v) is 14.5. The number of nitrogens with zero attached hydrogens (tertiary/aromatic N) is 1. The predicted molar refractivity (Wildman–Crippen MR) is 92.1 cm³/mol. The van der Waals surface area contributed by atoms with Crippen LogP contribution in [0.1, 0.15) is 25.3 Å². The van der Waals surface area contributed by atoms with Crippen molar-refractivity contribution < 1.29 is 28.1 Å². The van der Waals surface area contributed by atoms with E-state index in [0.717, 1.165) is 12.7 Å². The molecule has 0 saturated carbocycles. The minimum atomic E-state index is -2.54. The van der Waals surface area contributed by atoms with Gasteiger partial charge in [0.25, 0.3) is 0 Å². The van der Waals surface area contributed by atoms with Gasteiger partial charge in [0.05, 0.1) is 5.31 Å². The van der Waals surface area contributed by atoms with E-state index < -0.39 is 23.9 Å². The van der Waals surface area contributed by atoms with Gasteiger partial charge in [0, 0.05) is 7.05 Å². The van der Waals surface area contributed by atoms with E-state index in [-0.39, 0.29) is 17.5 Å². The van der Waals surface area contributed by atoms with Crippen LogP contribution in [0.3, 0.4) is 0 Å². The lowest BCUT2D eigenvalue weighted by molar-refractivity contribution is -0.795. The van der Waals surface area contributed by atoms with Crippen molar-refractivity contribution in [3.63, 3.8) is 0 Å². The summed E-state index contributed by atoms with van der Waals surface area (Å²) in [5.74, 6) is -0.895. The molecule has 6 nitrogen and oxygen atoms in total. The van der Waals surface area contributed by atoms with Crippen LogP contribution in [0.4, 0.5) is 0 Å². The molecule has 132 valence electrons. The summed E-state index contributed by atoms with van der Waals surface area (Å²) < 4.78 is 11.3. The Bertz CT molecular complexity index is 712. The number of likely N-dealkylation sites (N-methyl/N-ethyl adjacent to an activating group) is 1. The highest BCUT2D eigenvalue weighted by Crippen LogP contribution is 2.48. The predicted octanol–water partition coefficient (Wildman–Crippen LogP) is 1.52. The third-order valence-electron chi connectivity index (χ3n) is 5.41. The number of fused-ring (bicyclic) bond motifs is 1. The molecule has 2 aliphatic heterocycles. The molecule has 0 bridgehead atoms. The Morgan fingerprint density at radius 1 is 1.12 bits per heavy atom. The third-order valence-corrected chi connectivity index (χ3v) is 5.41. The van der Waals surface area contributed by atoms with E-state index in [1.54, 1.807) is 7.05 Å². The second kappa shape index (κ2) is 6.15. The highest BCUT2D eigenvalue weighted by Gasteiger charge is 2.75. The average Bonchev–Trinajstić information content (AvgIpc) is 2.96. The fraction of sp³-hybridized carbons (Fsp3) is 0.389. The number of aldehydes is 1. The molecular formula is C18H22BNO5. The van der Waals surface area contributed by atoms with E-state index in [2.05, 4.69) is 0 Å². The lowest BCUT2D eigenvalue weighted by atomic mass is 9.41. The van der Waals surface area contributed by atoms with Crippen LogP contribution in [0.15, 0.2) is 42.5 Å². The van der Waals surface area contributed by atoms with Gasteiger partial charge in [0.2, 0.25) is 0 Å². The fourth-order valence-electron chi connectivity index (χ4n) is 4.23. The molecule has 1 aromatic rings. The van der Waals surface area contributed by atoms with Crippen LogP contribution in [0.25, 0.3) is 0 Å². The van der Waals surface area contributed by atoms with E-state index in [0.29, 0.717) is 12.0 Å². The Morgan fingerprint density at radius 2 is 1.72 bits per heavy atom. The Morgan fingerprint density at radius 3 is 2.24 bits per heavy atom. The highest BCUT2D eigenvalue weighted by atomic mass is 16.7. The molecule has 2 saturated heterocycles. The van der Waals surface area contributed by atoms with E-state index in [1.807, 2.05) is 49.4 Å². The van der Waals surface area contributed by atoms with Crippen molar-refractivity contribution in [3.05, 3.63) is 48.0 Å². The molecule has 2 aliphatic rings. The Labute approximate surface area is 147 Å². The fourth-order valence-corrected chi connectivity index (χ4v) is 4.23.